The number of nitrogens with zero attached hydrogens (tertiary/aromatic N) is 3. The van der Waals surface area contributed by atoms with E-state index >= 15 is 0 Å². The highest BCUT2D eigenvalue weighted by atomic mass is 35.5. The summed E-state index contributed by atoms with van der Waals surface area (Å²) >= 11 is 7.87. The van der Waals surface area contributed by atoms with Crippen LogP contribution in [0.5, 0.6) is 0 Å². The summed E-state index contributed by atoms with van der Waals surface area (Å²) in [6.07, 6.45) is 4.11. The number of aromatic nitrogens is 3. The molecule has 2 aromatic heterocycles. The van der Waals surface area contributed by atoms with E-state index in [0.29, 0.717) is 6.54 Å². The topological polar surface area (TPSA) is 50.7 Å². The Labute approximate surface area is 173 Å². The normalized spacial score (nSPS) is 11.4. The number of nitrogens with one attached hydrogen (secondary N) is 1. The second-order valence-corrected chi connectivity index (χ2v) is 7.77. The first-order chi connectivity index (χ1) is 13.7. The Morgan fingerprint density at radius 1 is 1.04 bits per heavy atom. The van der Waals surface area contributed by atoms with Crippen molar-refractivity contribution in [3.63, 3.8) is 0 Å². The van der Waals surface area contributed by atoms with Crippen LogP contribution in [0.15, 0.2) is 54.6 Å². The van der Waals surface area contributed by atoms with Crippen molar-refractivity contribution in [2.75, 3.05) is 5.32 Å². The molecule has 0 saturated heterocycles. The molecule has 1 N–H and O–H groups in total. The predicted molar refractivity (Wildman–Crippen MR) is 119 cm³/mol. The molecule has 6 heteroatoms. The Kier molecular flexibility index (Phi) is 5.37. The third kappa shape index (κ3) is 3.77. The molecule has 2 heterocycles. The van der Waals surface area contributed by atoms with Crippen LogP contribution in [0.1, 0.15) is 22.5 Å². The summed E-state index contributed by atoms with van der Waals surface area (Å²) in [5.41, 5.74) is 4.04. The van der Waals surface area contributed by atoms with Crippen molar-refractivity contribution in [1.82, 2.24) is 15.0 Å². The lowest BCUT2D eigenvalue weighted by atomic mass is 10.0. The zero-order chi connectivity index (χ0) is 19.5. The first-order valence-electron chi connectivity index (χ1n) is 9.00. The van der Waals surface area contributed by atoms with Gasteiger partial charge in [-0.05, 0) is 48.7 Å². The van der Waals surface area contributed by atoms with Gasteiger partial charge >= 0.3 is 0 Å². The van der Waals surface area contributed by atoms with E-state index in [9.17, 15) is 0 Å². The van der Waals surface area contributed by atoms with Gasteiger partial charge in [0.25, 0.3) is 0 Å². The largest absolute Gasteiger partial charge is 0.363 e. The number of rotatable bonds is 5. The molecule has 4 rings (SSSR count). The number of anilines is 1. The molecule has 0 unspecified atom stereocenters. The summed E-state index contributed by atoms with van der Waals surface area (Å²) in [7, 11) is 0. The van der Waals surface area contributed by atoms with Crippen molar-refractivity contribution < 1.29 is 0 Å². The lowest BCUT2D eigenvalue weighted by Gasteiger charge is -2.12. The molecule has 0 aliphatic rings. The molecular weight excluding hydrogens is 388 g/mol. The van der Waals surface area contributed by atoms with E-state index < -0.39 is 0 Å². The van der Waals surface area contributed by atoms with Crippen molar-refractivity contribution in [3.8, 4) is 11.1 Å². The lowest BCUT2D eigenvalue weighted by molar-refractivity contribution is 1.05. The fourth-order valence-corrected chi connectivity index (χ4v) is 4.30. The van der Waals surface area contributed by atoms with Gasteiger partial charge in [-0.2, -0.15) is 0 Å². The van der Waals surface area contributed by atoms with E-state index in [1.165, 1.54) is 4.88 Å². The van der Waals surface area contributed by atoms with Gasteiger partial charge in [0.2, 0.25) is 5.28 Å². The van der Waals surface area contributed by atoms with Crippen LogP contribution in [0.3, 0.4) is 0 Å². The number of fused-ring (bicyclic) bond motifs is 1. The van der Waals surface area contributed by atoms with Crippen LogP contribution < -0.4 is 5.32 Å². The molecule has 4 aromatic rings. The van der Waals surface area contributed by atoms with E-state index in [4.69, 9.17) is 11.6 Å². The summed E-state index contributed by atoms with van der Waals surface area (Å²) in [6.45, 7) is 4.62. The first kappa shape index (κ1) is 18.6. The third-order valence-corrected chi connectivity index (χ3v) is 5.67. The smallest absolute Gasteiger partial charge is 0.224 e. The minimum atomic E-state index is 0.227. The molecule has 0 radical (unpaired) electrons. The molecular formula is C22H19ClN4S. The molecule has 0 amide bonds. The maximum atomic E-state index is 6.19. The Morgan fingerprint density at radius 2 is 1.86 bits per heavy atom. The number of halogens is 1. The van der Waals surface area contributed by atoms with Crippen molar-refractivity contribution in [2.45, 2.75) is 20.4 Å². The third-order valence-electron chi connectivity index (χ3n) is 4.38. The number of benzene rings is 2. The molecule has 0 aliphatic heterocycles. The maximum absolute atomic E-state index is 6.19. The van der Waals surface area contributed by atoms with Crippen LogP contribution in [0.4, 0.5) is 5.82 Å². The van der Waals surface area contributed by atoms with Crippen LogP contribution in [0, 0.1) is 6.92 Å². The number of allylic oxidation sites excluding steroid dienone is 1. The summed E-state index contributed by atoms with van der Waals surface area (Å²) < 4.78 is 0. The molecule has 0 atom stereocenters. The molecule has 0 fully saturated rings. The fraction of sp³-hybridized carbons (Fsp3) is 0.136. The van der Waals surface area contributed by atoms with Gasteiger partial charge in [-0.3, -0.25) is 0 Å². The monoisotopic (exact) mass is 406 g/mol. The Bertz CT molecular complexity index is 1150. The lowest BCUT2D eigenvalue weighted by Crippen LogP contribution is -2.04. The number of aryl methyl sites for hydroxylation is 1. The molecule has 140 valence electrons. The van der Waals surface area contributed by atoms with Gasteiger partial charge in [0.1, 0.15) is 10.8 Å². The zero-order valence-corrected chi connectivity index (χ0v) is 17.2. The van der Waals surface area contributed by atoms with Crippen molar-refractivity contribution >= 4 is 45.7 Å². The number of thiazole rings is 1. The van der Waals surface area contributed by atoms with E-state index in [0.717, 1.165) is 38.5 Å². The van der Waals surface area contributed by atoms with Crippen LogP contribution in [0.25, 0.3) is 28.1 Å². The molecule has 0 saturated carbocycles. The van der Waals surface area contributed by atoms with E-state index in [1.807, 2.05) is 50.3 Å². The van der Waals surface area contributed by atoms with Crippen molar-refractivity contribution in [1.29, 1.82) is 0 Å². The number of hydrogen-bond donors (Lipinski definition) is 1. The minimum Gasteiger partial charge on any atom is -0.363 e. The molecule has 0 aliphatic carbocycles. The second-order valence-electron chi connectivity index (χ2n) is 6.32. The standard InChI is InChI=1S/C22H19ClN4S/c1-3-8-18-14(2)25-19(28-18)13-24-21-20-16(15-9-5-4-6-10-15)11-7-12-17(20)26-22(23)27-21/h3-12H,13H2,1-2H3,(H,24,26,27)/b8-3-. The maximum Gasteiger partial charge on any atom is 0.224 e. The molecule has 0 spiro atoms. The first-order valence-corrected chi connectivity index (χ1v) is 10.2. The van der Waals surface area contributed by atoms with Crippen LogP contribution in [0.2, 0.25) is 5.28 Å². The van der Waals surface area contributed by atoms with Gasteiger partial charge in [0, 0.05) is 4.88 Å². The Hall–Kier alpha value is -2.76. The average Bonchev–Trinajstić information content (AvgIpc) is 3.06. The van der Waals surface area contributed by atoms with Gasteiger partial charge in [-0.15, -0.1) is 11.3 Å². The summed E-state index contributed by atoms with van der Waals surface area (Å²) in [4.78, 5) is 14.7. The summed E-state index contributed by atoms with van der Waals surface area (Å²) in [6, 6.07) is 16.3. The average molecular weight is 407 g/mol. The van der Waals surface area contributed by atoms with E-state index in [2.05, 4.69) is 44.5 Å². The highest BCUT2D eigenvalue weighted by Gasteiger charge is 2.13. The highest BCUT2D eigenvalue weighted by Crippen LogP contribution is 2.33. The Morgan fingerprint density at radius 3 is 2.64 bits per heavy atom. The highest BCUT2D eigenvalue weighted by molar-refractivity contribution is 7.12. The van der Waals surface area contributed by atoms with Gasteiger partial charge < -0.3 is 5.32 Å². The van der Waals surface area contributed by atoms with Gasteiger partial charge in [-0.1, -0.05) is 48.5 Å². The molecule has 2 aromatic carbocycles. The molecule has 0 bridgehead atoms. The molecule has 28 heavy (non-hydrogen) atoms. The predicted octanol–water partition coefficient (Wildman–Crippen LogP) is 6.36. The molecule has 4 nitrogen and oxygen atoms in total. The van der Waals surface area contributed by atoms with Crippen LogP contribution in [-0.4, -0.2) is 15.0 Å². The zero-order valence-electron chi connectivity index (χ0n) is 15.6. The quantitative estimate of drug-likeness (QED) is 0.392. The van der Waals surface area contributed by atoms with Gasteiger partial charge in [0.15, 0.2) is 0 Å². The van der Waals surface area contributed by atoms with Crippen molar-refractivity contribution in [3.05, 3.63) is 75.5 Å². The fourth-order valence-electron chi connectivity index (χ4n) is 3.15. The summed E-state index contributed by atoms with van der Waals surface area (Å²) in [5, 5.41) is 5.62. The van der Waals surface area contributed by atoms with E-state index in [1.54, 1.807) is 11.3 Å². The SMILES string of the molecule is C/C=C\c1sc(CNc2nc(Cl)nc3cccc(-c4ccccc4)c23)nc1C. The minimum absolute atomic E-state index is 0.227. The Balaban J connectivity index is 1.75. The van der Waals surface area contributed by atoms with E-state index in [-0.39, 0.29) is 5.28 Å². The number of hydrogen-bond acceptors (Lipinski definition) is 5. The van der Waals surface area contributed by atoms with Crippen molar-refractivity contribution in [2.24, 2.45) is 0 Å². The summed E-state index contributed by atoms with van der Waals surface area (Å²) in [5.74, 6) is 0.717. The van der Waals surface area contributed by atoms with Gasteiger partial charge in [0.05, 0.1) is 23.1 Å². The second kappa shape index (κ2) is 8.09. The van der Waals surface area contributed by atoms with Gasteiger partial charge in [-0.25, -0.2) is 15.0 Å². The van der Waals surface area contributed by atoms with Crippen LogP contribution >= 0.6 is 22.9 Å². The van der Waals surface area contributed by atoms with Crippen LogP contribution in [-0.2, 0) is 6.54 Å².